The molecule has 108 valence electrons. The van der Waals surface area contributed by atoms with Crippen LogP contribution < -0.4 is 4.90 Å². The van der Waals surface area contributed by atoms with Crippen LogP contribution in [-0.2, 0) is 4.79 Å². The molecule has 0 aromatic heterocycles. The second-order valence-corrected chi connectivity index (χ2v) is 4.91. The quantitative estimate of drug-likeness (QED) is 0.909. The van der Waals surface area contributed by atoms with E-state index in [4.69, 9.17) is 5.11 Å². The Morgan fingerprint density at radius 1 is 1.35 bits per heavy atom. The molecule has 1 aromatic carbocycles. The van der Waals surface area contributed by atoms with E-state index in [1.54, 1.807) is 16.8 Å². The summed E-state index contributed by atoms with van der Waals surface area (Å²) in [5.74, 6) is -1.85. The number of aromatic carboxylic acids is 1. The van der Waals surface area contributed by atoms with Gasteiger partial charge in [-0.15, -0.1) is 0 Å². The summed E-state index contributed by atoms with van der Waals surface area (Å²) in [7, 11) is 1.63. The molecule has 1 N–H and O–H groups in total. The zero-order valence-electron chi connectivity index (χ0n) is 11.3. The molecule has 1 aliphatic rings. The summed E-state index contributed by atoms with van der Waals surface area (Å²) in [4.78, 5) is 26.5. The minimum atomic E-state index is -1.21. The van der Waals surface area contributed by atoms with E-state index in [-0.39, 0.29) is 18.0 Å². The molecule has 1 amide bonds. The maximum absolute atomic E-state index is 13.1. The van der Waals surface area contributed by atoms with Crippen molar-refractivity contribution in [2.24, 2.45) is 0 Å². The topological polar surface area (TPSA) is 60.9 Å². The summed E-state index contributed by atoms with van der Waals surface area (Å²) in [5, 5.41) is 9.10. The van der Waals surface area contributed by atoms with Crippen LogP contribution in [0.15, 0.2) is 18.2 Å². The SMILES string of the molecule is CN(CC(=O)N1CCCC1)c1ccc(F)cc1C(=O)O. The van der Waals surface area contributed by atoms with Crippen molar-refractivity contribution in [2.75, 3.05) is 31.6 Å². The number of hydrogen-bond acceptors (Lipinski definition) is 3. The number of anilines is 1. The van der Waals surface area contributed by atoms with Crippen LogP contribution in [-0.4, -0.2) is 48.6 Å². The van der Waals surface area contributed by atoms with E-state index in [2.05, 4.69) is 0 Å². The van der Waals surface area contributed by atoms with Crippen LogP contribution in [0.1, 0.15) is 23.2 Å². The molecular weight excluding hydrogens is 263 g/mol. The largest absolute Gasteiger partial charge is 0.478 e. The van der Waals surface area contributed by atoms with E-state index < -0.39 is 11.8 Å². The van der Waals surface area contributed by atoms with Crippen molar-refractivity contribution in [3.63, 3.8) is 0 Å². The van der Waals surface area contributed by atoms with Gasteiger partial charge in [-0.2, -0.15) is 0 Å². The van der Waals surface area contributed by atoms with Gasteiger partial charge in [-0.3, -0.25) is 4.79 Å². The molecule has 0 radical (unpaired) electrons. The van der Waals surface area contributed by atoms with E-state index in [1.165, 1.54) is 12.1 Å². The van der Waals surface area contributed by atoms with Gasteiger partial charge in [-0.1, -0.05) is 0 Å². The van der Waals surface area contributed by atoms with Gasteiger partial charge in [0.15, 0.2) is 0 Å². The minimum absolute atomic E-state index is 0.0364. The van der Waals surface area contributed by atoms with Gasteiger partial charge >= 0.3 is 5.97 Å². The van der Waals surface area contributed by atoms with Gasteiger partial charge in [0.1, 0.15) is 5.82 Å². The lowest BCUT2D eigenvalue weighted by atomic mass is 10.1. The Kier molecular flexibility index (Phi) is 4.22. The molecule has 6 heteroatoms. The normalized spacial score (nSPS) is 14.4. The molecule has 2 rings (SSSR count). The fourth-order valence-electron chi connectivity index (χ4n) is 2.37. The number of amides is 1. The highest BCUT2D eigenvalue weighted by Crippen LogP contribution is 2.21. The van der Waals surface area contributed by atoms with Crippen molar-refractivity contribution < 1.29 is 19.1 Å². The van der Waals surface area contributed by atoms with Gasteiger partial charge in [-0.25, -0.2) is 9.18 Å². The molecule has 1 heterocycles. The number of carbonyl (C=O) groups excluding carboxylic acids is 1. The molecule has 5 nitrogen and oxygen atoms in total. The lowest BCUT2D eigenvalue weighted by molar-refractivity contribution is -0.128. The number of carboxylic acid groups (broad SMARTS) is 1. The van der Waals surface area contributed by atoms with Crippen molar-refractivity contribution in [2.45, 2.75) is 12.8 Å². The molecule has 0 unspecified atom stereocenters. The zero-order chi connectivity index (χ0) is 14.7. The second-order valence-electron chi connectivity index (χ2n) is 4.91. The van der Waals surface area contributed by atoms with E-state index in [0.29, 0.717) is 5.69 Å². The molecule has 1 saturated heterocycles. The summed E-state index contributed by atoms with van der Waals surface area (Å²) in [6.45, 7) is 1.59. The number of carbonyl (C=O) groups is 2. The van der Waals surface area contributed by atoms with E-state index in [0.717, 1.165) is 32.0 Å². The fraction of sp³-hybridized carbons (Fsp3) is 0.429. The van der Waals surface area contributed by atoms with Crippen LogP contribution in [0.3, 0.4) is 0 Å². The zero-order valence-corrected chi connectivity index (χ0v) is 11.3. The predicted molar refractivity (Wildman–Crippen MR) is 72.4 cm³/mol. The Morgan fingerprint density at radius 2 is 2.00 bits per heavy atom. The lowest BCUT2D eigenvalue weighted by Gasteiger charge is -2.24. The number of halogens is 1. The second kappa shape index (κ2) is 5.90. The first-order valence-electron chi connectivity index (χ1n) is 6.51. The molecule has 0 atom stereocenters. The van der Waals surface area contributed by atoms with Crippen LogP contribution in [0.4, 0.5) is 10.1 Å². The first-order valence-corrected chi connectivity index (χ1v) is 6.51. The van der Waals surface area contributed by atoms with Crippen molar-refractivity contribution >= 4 is 17.6 Å². The lowest BCUT2D eigenvalue weighted by Crippen LogP contribution is -2.37. The molecule has 1 aliphatic heterocycles. The fourth-order valence-corrected chi connectivity index (χ4v) is 2.37. The average molecular weight is 280 g/mol. The van der Waals surface area contributed by atoms with Crippen molar-refractivity contribution in [3.05, 3.63) is 29.6 Å². The molecular formula is C14H17FN2O3. The molecule has 20 heavy (non-hydrogen) atoms. The summed E-state index contributed by atoms with van der Waals surface area (Å²) in [6.07, 6.45) is 2.01. The number of nitrogens with zero attached hydrogens (tertiary/aromatic N) is 2. The number of likely N-dealkylation sites (N-methyl/N-ethyl adjacent to an activating group) is 1. The van der Waals surface area contributed by atoms with Gasteiger partial charge in [-0.05, 0) is 31.0 Å². The van der Waals surface area contributed by atoms with E-state index in [9.17, 15) is 14.0 Å². The molecule has 0 bridgehead atoms. The number of hydrogen-bond donors (Lipinski definition) is 1. The van der Waals surface area contributed by atoms with Gasteiger partial charge < -0.3 is 14.9 Å². The molecule has 0 spiro atoms. The van der Waals surface area contributed by atoms with Crippen LogP contribution in [0.2, 0.25) is 0 Å². The van der Waals surface area contributed by atoms with Crippen molar-refractivity contribution in [1.29, 1.82) is 0 Å². The Morgan fingerprint density at radius 3 is 2.60 bits per heavy atom. The first-order chi connectivity index (χ1) is 9.49. The maximum Gasteiger partial charge on any atom is 0.337 e. The number of rotatable bonds is 4. The number of carboxylic acids is 1. The van der Waals surface area contributed by atoms with Gasteiger partial charge in [0, 0.05) is 20.1 Å². The third-order valence-electron chi connectivity index (χ3n) is 3.43. The highest BCUT2D eigenvalue weighted by atomic mass is 19.1. The molecule has 0 aliphatic carbocycles. The molecule has 0 saturated carbocycles. The molecule has 1 aromatic rings. The van der Waals surface area contributed by atoms with Gasteiger partial charge in [0.2, 0.25) is 5.91 Å². The van der Waals surface area contributed by atoms with E-state index in [1.807, 2.05) is 0 Å². The molecule has 1 fully saturated rings. The predicted octanol–water partition coefficient (Wildman–Crippen LogP) is 1.58. The Bertz CT molecular complexity index is 527. The smallest absolute Gasteiger partial charge is 0.337 e. The Hall–Kier alpha value is -2.11. The minimum Gasteiger partial charge on any atom is -0.478 e. The third kappa shape index (κ3) is 3.07. The Labute approximate surface area is 116 Å². The summed E-state index contributed by atoms with van der Waals surface area (Å²) >= 11 is 0. The number of likely N-dealkylation sites (tertiary alicyclic amines) is 1. The first kappa shape index (κ1) is 14.3. The van der Waals surface area contributed by atoms with Gasteiger partial charge in [0.05, 0.1) is 17.8 Å². The Balaban J connectivity index is 2.14. The summed E-state index contributed by atoms with van der Waals surface area (Å²) in [5.41, 5.74) is 0.202. The summed E-state index contributed by atoms with van der Waals surface area (Å²) in [6, 6.07) is 3.54. The maximum atomic E-state index is 13.1. The standard InChI is InChI=1S/C14H17FN2O3/c1-16(9-13(18)17-6-2-3-7-17)12-5-4-10(15)8-11(12)14(19)20/h4-5,8H,2-3,6-7,9H2,1H3,(H,19,20). The number of benzene rings is 1. The van der Waals surface area contributed by atoms with Crippen LogP contribution in [0, 0.1) is 5.82 Å². The summed E-state index contributed by atoms with van der Waals surface area (Å²) < 4.78 is 13.1. The van der Waals surface area contributed by atoms with Crippen molar-refractivity contribution in [1.82, 2.24) is 4.90 Å². The van der Waals surface area contributed by atoms with Crippen LogP contribution in [0.5, 0.6) is 0 Å². The third-order valence-corrected chi connectivity index (χ3v) is 3.43. The highest BCUT2D eigenvalue weighted by Gasteiger charge is 2.21. The average Bonchev–Trinajstić information content (AvgIpc) is 2.92. The van der Waals surface area contributed by atoms with Crippen LogP contribution in [0.25, 0.3) is 0 Å². The van der Waals surface area contributed by atoms with Crippen molar-refractivity contribution in [3.8, 4) is 0 Å². The van der Waals surface area contributed by atoms with E-state index >= 15 is 0 Å². The highest BCUT2D eigenvalue weighted by molar-refractivity contribution is 5.95. The van der Waals surface area contributed by atoms with Crippen LogP contribution >= 0.6 is 0 Å². The van der Waals surface area contributed by atoms with Gasteiger partial charge in [0.25, 0.3) is 0 Å². The monoisotopic (exact) mass is 280 g/mol.